The van der Waals surface area contributed by atoms with Crippen molar-refractivity contribution in [2.45, 2.75) is 18.2 Å². The third kappa shape index (κ3) is 5.52. The van der Waals surface area contributed by atoms with Gasteiger partial charge in [0.15, 0.2) is 5.69 Å². The number of amides is 1. The van der Waals surface area contributed by atoms with E-state index in [1.807, 2.05) is 78.9 Å². The van der Waals surface area contributed by atoms with Gasteiger partial charge in [-0.3, -0.25) is 9.59 Å². The van der Waals surface area contributed by atoms with Crippen molar-refractivity contribution >= 4 is 28.4 Å². The van der Waals surface area contributed by atoms with Gasteiger partial charge < -0.3 is 9.73 Å². The Kier molecular flexibility index (Phi) is 7.18. The van der Waals surface area contributed by atoms with Crippen molar-refractivity contribution in [2.75, 3.05) is 12.3 Å². The van der Waals surface area contributed by atoms with Crippen LogP contribution in [0.15, 0.2) is 99.4 Å². The van der Waals surface area contributed by atoms with Crippen molar-refractivity contribution in [1.29, 1.82) is 0 Å². The molecule has 0 aliphatic rings. The first-order valence-corrected chi connectivity index (χ1v) is 12.5. The highest BCUT2D eigenvalue weighted by molar-refractivity contribution is 7.99. The molecule has 1 amide bonds. The van der Waals surface area contributed by atoms with Crippen molar-refractivity contribution in [2.24, 2.45) is 0 Å². The van der Waals surface area contributed by atoms with E-state index >= 15 is 0 Å². The molecule has 36 heavy (non-hydrogen) atoms. The Labute approximate surface area is 211 Å². The van der Waals surface area contributed by atoms with E-state index in [0.29, 0.717) is 29.6 Å². The maximum absolute atomic E-state index is 13.1. The molecule has 9 heteroatoms. The summed E-state index contributed by atoms with van der Waals surface area (Å²) in [7, 11) is 0. The standard InChI is InChI=1S/C27H23N5O3S/c33-23(28-16-15-19-9-3-1-4-10-19)18-36-27-30-29-25(35-27)24-21-13-7-8-14-22(21)26(34)32(31-24)17-20-11-5-2-6-12-20/h1-14H,15-18H2,(H,28,33). The molecule has 180 valence electrons. The molecule has 0 spiro atoms. The summed E-state index contributed by atoms with van der Waals surface area (Å²) >= 11 is 1.16. The Balaban J connectivity index is 1.30. The van der Waals surface area contributed by atoms with Crippen LogP contribution in [-0.4, -0.2) is 38.2 Å². The van der Waals surface area contributed by atoms with E-state index in [9.17, 15) is 9.59 Å². The molecule has 0 aliphatic heterocycles. The molecule has 0 fully saturated rings. The first kappa shape index (κ1) is 23.5. The minimum atomic E-state index is -0.195. The highest BCUT2D eigenvalue weighted by atomic mass is 32.2. The summed E-state index contributed by atoms with van der Waals surface area (Å²) in [5, 5.41) is 17.1. The number of rotatable bonds is 9. The molecular formula is C27H23N5O3S. The summed E-state index contributed by atoms with van der Waals surface area (Å²) in [5.41, 5.74) is 2.35. The fraction of sp³-hybridized carbons (Fsp3) is 0.148. The summed E-state index contributed by atoms with van der Waals surface area (Å²) in [6.07, 6.45) is 0.763. The molecular weight excluding hydrogens is 474 g/mol. The molecule has 2 heterocycles. The lowest BCUT2D eigenvalue weighted by Crippen LogP contribution is -2.27. The van der Waals surface area contributed by atoms with Crippen molar-refractivity contribution < 1.29 is 9.21 Å². The zero-order valence-electron chi connectivity index (χ0n) is 19.3. The molecule has 0 aliphatic carbocycles. The van der Waals surface area contributed by atoms with Gasteiger partial charge in [0.25, 0.3) is 16.7 Å². The lowest BCUT2D eigenvalue weighted by molar-refractivity contribution is -0.118. The number of thioether (sulfide) groups is 1. The normalized spacial score (nSPS) is 11.0. The highest BCUT2D eigenvalue weighted by Crippen LogP contribution is 2.26. The Morgan fingerprint density at radius 2 is 1.53 bits per heavy atom. The first-order valence-electron chi connectivity index (χ1n) is 11.5. The van der Waals surface area contributed by atoms with Gasteiger partial charge in [-0.05, 0) is 23.6 Å². The van der Waals surface area contributed by atoms with Crippen LogP contribution in [0.5, 0.6) is 0 Å². The fourth-order valence-electron chi connectivity index (χ4n) is 3.79. The van der Waals surface area contributed by atoms with Crippen molar-refractivity contribution in [3.63, 3.8) is 0 Å². The zero-order valence-corrected chi connectivity index (χ0v) is 20.1. The fourth-order valence-corrected chi connectivity index (χ4v) is 4.38. The van der Waals surface area contributed by atoms with Crippen LogP contribution in [0.1, 0.15) is 11.1 Å². The predicted molar refractivity (Wildman–Crippen MR) is 139 cm³/mol. The summed E-state index contributed by atoms with van der Waals surface area (Å²) in [4.78, 5) is 25.3. The first-order chi connectivity index (χ1) is 17.7. The van der Waals surface area contributed by atoms with Crippen LogP contribution in [-0.2, 0) is 17.8 Å². The number of fused-ring (bicyclic) bond motifs is 1. The van der Waals surface area contributed by atoms with E-state index < -0.39 is 0 Å². The molecule has 5 rings (SSSR count). The molecule has 0 saturated heterocycles. The number of aromatic nitrogens is 4. The van der Waals surface area contributed by atoms with Crippen molar-refractivity contribution in [3.05, 3.63) is 106 Å². The van der Waals surface area contributed by atoms with E-state index in [1.54, 1.807) is 6.07 Å². The van der Waals surface area contributed by atoms with Crippen LogP contribution >= 0.6 is 11.8 Å². The van der Waals surface area contributed by atoms with Gasteiger partial charge in [-0.2, -0.15) is 5.10 Å². The summed E-state index contributed by atoms with van der Waals surface area (Å²) < 4.78 is 7.24. The average molecular weight is 498 g/mol. The number of hydrogen-bond acceptors (Lipinski definition) is 7. The number of nitrogens with zero attached hydrogens (tertiary/aromatic N) is 4. The number of carbonyl (C=O) groups excluding carboxylic acids is 1. The van der Waals surface area contributed by atoms with Crippen LogP contribution in [0.2, 0.25) is 0 Å². The van der Waals surface area contributed by atoms with Gasteiger partial charge in [0.05, 0.1) is 17.7 Å². The molecule has 3 aromatic carbocycles. The van der Waals surface area contributed by atoms with Gasteiger partial charge in [-0.25, -0.2) is 4.68 Å². The van der Waals surface area contributed by atoms with Crippen LogP contribution in [0.4, 0.5) is 0 Å². The monoisotopic (exact) mass is 497 g/mol. The van der Waals surface area contributed by atoms with E-state index in [0.717, 1.165) is 23.7 Å². The van der Waals surface area contributed by atoms with Gasteiger partial charge in [-0.1, -0.05) is 90.6 Å². The largest absolute Gasteiger partial charge is 0.409 e. The number of hydrogen-bond donors (Lipinski definition) is 1. The molecule has 0 radical (unpaired) electrons. The predicted octanol–water partition coefficient (Wildman–Crippen LogP) is 3.95. The van der Waals surface area contributed by atoms with Gasteiger partial charge in [0.2, 0.25) is 5.91 Å². The molecule has 5 aromatic rings. The maximum atomic E-state index is 13.1. The molecule has 0 saturated carbocycles. The van der Waals surface area contributed by atoms with E-state index in [1.165, 1.54) is 10.2 Å². The minimum absolute atomic E-state index is 0.115. The SMILES string of the molecule is O=C(CSc1nnc(-c2nn(Cc3ccccc3)c(=O)c3ccccc23)o1)NCCc1ccccc1. The molecule has 8 nitrogen and oxygen atoms in total. The highest BCUT2D eigenvalue weighted by Gasteiger charge is 2.18. The molecule has 1 N–H and O–H groups in total. The van der Waals surface area contributed by atoms with Gasteiger partial charge >= 0.3 is 0 Å². The van der Waals surface area contributed by atoms with Crippen LogP contribution in [0.25, 0.3) is 22.4 Å². The molecule has 0 atom stereocenters. The second kappa shape index (κ2) is 11.0. The number of carbonyl (C=O) groups is 1. The van der Waals surface area contributed by atoms with Crippen LogP contribution in [0, 0.1) is 0 Å². The third-order valence-corrected chi connectivity index (χ3v) is 6.38. The lowest BCUT2D eigenvalue weighted by atomic mass is 10.1. The van der Waals surface area contributed by atoms with Gasteiger partial charge in [-0.15, -0.1) is 10.2 Å². The van der Waals surface area contributed by atoms with Gasteiger partial charge in [0, 0.05) is 11.9 Å². The second-order valence-corrected chi connectivity index (χ2v) is 9.02. The summed E-state index contributed by atoms with van der Waals surface area (Å²) in [6, 6.07) is 26.8. The minimum Gasteiger partial charge on any atom is -0.409 e. The summed E-state index contributed by atoms with van der Waals surface area (Å²) in [6.45, 7) is 0.869. The molecule has 2 aromatic heterocycles. The summed E-state index contributed by atoms with van der Waals surface area (Å²) in [5.74, 6) is 0.230. The number of nitrogens with one attached hydrogen (secondary N) is 1. The van der Waals surface area contributed by atoms with Crippen LogP contribution < -0.4 is 10.9 Å². The lowest BCUT2D eigenvalue weighted by Gasteiger charge is -2.09. The Hall–Kier alpha value is -4.24. The Morgan fingerprint density at radius 1 is 0.861 bits per heavy atom. The van der Waals surface area contributed by atoms with Crippen molar-refractivity contribution in [3.8, 4) is 11.6 Å². The second-order valence-electron chi connectivity index (χ2n) is 8.09. The van der Waals surface area contributed by atoms with Crippen molar-refractivity contribution in [1.82, 2.24) is 25.3 Å². The molecule has 0 unspecified atom stereocenters. The third-order valence-electron chi connectivity index (χ3n) is 5.56. The number of benzene rings is 3. The topological polar surface area (TPSA) is 103 Å². The molecule has 0 bridgehead atoms. The van der Waals surface area contributed by atoms with E-state index in [2.05, 4.69) is 20.6 Å². The maximum Gasteiger partial charge on any atom is 0.277 e. The van der Waals surface area contributed by atoms with Crippen LogP contribution in [0.3, 0.4) is 0 Å². The Bertz CT molecular complexity index is 1530. The Morgan fingerprint density at radius 3 is 2.28 bits per heavy atom. The zero-order chi connectivity index (χ0) is 24.7. The average Bonchev–Trinajstić information content (AvgIpc) is 3.39. The van der Waals surface area contributed by atoms with Gasteiger partial charge in [0.1, 0.15) is 0 Å². The van der Waals surface area contributed by atoms with E-state index in [4.69, 9.17) is 4.42 Å². The smallest absolute Gasteiger partial charge is 0.277 e. The van der Waals surface area contributed by atoms with E-state index in [-0.39, 0.29) is 28.3 Å². The quantitative estimate of drug-likeness (QED) is 0.308.